The number of hydrogen-bond acceptors (Lipinski definition) is 6. The molecule has 2 aromatic carbocycles. The molecule has 1 aromatic heterocycles. The highest BCUT2D eigenvalue weighted by Gasteiger charge is 2.23. The summed E-state index contributed by atoms with van der Waals surface area (Å²) in [6, 6.07) is 12.8. The maximum atomic E-state index is 12.9. The van der Waals surface area contributed by atoms with Crippen LogP contribution in [-0.2, 0) is 14.3 Å². The molecule has 152 valence electrons. The molecule has 3 aromatic rings. The van der Waals surface area contributed by atoms with Crippen molar-refractivity contribution in [2.45, 2.75) is 26.0 Å². The lowest BCUT2D eigenvalue weighted by atomic mass is 10.3. The highest BCUT2D eigenvalue weighted by molar-refractivity contribution is 7.18. The van der Waals surface area contributed by atoms with Crippen molar-refractivity contribution in [2.24, 2.45) is 0 Å². The minimum atomic E-state index is -0.930. The van der Waals surface area contributed by atoms with Gasteiger partial charge in [0.25, 0.3) is 5.91 Å². The van der Waals surface area contributed by atoms with Gasteiger partial charge in [-0.25, -0.2) is 14.2 Å². The highest BCUT2D eigenvalue weighted by Crippen LogP contribution is 2.28. The molecule has 0 saturated heterocycles. The highest BCUT2D eigenvalue weighted by atomic mass is 32.1. The Morgan fingerprint density at radius 3 is 2.52 bits per heavy atom. The number of nitrogens with zero attached hydrogens (tertiary/aromatic N) is 2. The average Bonchev–Trinajstić information content (AvgIpc) is 3.16. The minimum absolute atomic E-state index is 0.258. The van der Waals surface area contributed by atoms with Crippen molar-refractivity contribution in [2.75, 3.05) is 13.7 Å². The van der Waals surface area contributed by atoms with Gasteiger partial charge in [-0.2, -0.15) is 0 Å². The van der Waals surface area contributed by atoms with Crippen molar-refractivity contribution in [1.29, 1.82) is 0 Å². The third-order valence-electron chi connectivity index (χ3n) is 4.44. The van der Waals surface area contributed by atoms with Gasteiger partial charge in [0, 0.05) is 7.05 Å². The van der Waals surface area contributed by atoms with Gasteiger partial charge in [-0.1, -0.05) is 12.1 Å². The standard InChI is InChI=1S/C21H21FN2O4S/c1-13(20-23-17-6-4-5-7-18(17)29-20)24(3)19(25)12-27-21(26)14(2)28-16-10-8-15(22)9-11-16/h4-11,13-14H,12H2,1-3H3/t13-,14+/m0/s1. The van der Waals surface area contributed by atoms with Crippen molar-refractivity contribution in [3.8, 4) is 5.75 Å². The van der Waals surface area contributed by atoms with Crippen LogP contribution in [0.25, 0.3) is 10.2 Å². The number of aromatic nitrogens is 1. The lowest BCUT2D eigenvalue weighted by Crippen LogP contribution is -2.35. The van der Waals surface area contributed by atoms with E-state index >= 15 is 0 Å². The second-order valence-corrected chi connectivity index (χ2v) is 7.58. The SMILES string of the molecule is C[C@@H](Oc1ccc(F)cc1)C(=O)OCC(=O)N(C)[C@@H](C)c1nc2ccccc2s1. The molecular weight excluding hydrogens is 395 g/mol. The molecule has 8 heteroatoms. The Hall–Kier alpha value is -3.00. The lowest BCUT2D eigenvalue weighted by Gasteiger charge is -2.23. The van der Waals surface area contributed by atoms with Gasteiger partial charge in [0.2, 0.25) is 0 Å². The lowest BCUT2D eigenvalue weighted by molar-refractivity contribution is -0.157. The molecular formula is C21H21FN2O4S. The molecule has 0 saturated carbocycles. The van der Waals surface area contributed by atoms with Crippen LogP contribution in [0.5, 0.6) is 5.75 Å². The summed E-state index contributed by atoms with van der Waals surface area (Å²) in [5.74, 6) is -1.09. The zero-order chi connectivity index (χ0) is 21.0. The number of carbonyl (C=O) groups is 2. The molecule has 0 aliphatic rings. The van der Waals surface area contributed by atoms with Crippen LogP contribution in [0, 0.1) is 5.82 Å². The topological polar surface area (TPSA) is 68.7 Å². The number of likely N-dealkylation sites (N-methyl/N-ethyl adjacent to an activating group) is 1. The van der Waals surface area contributed by atoms with E-state index in [4.69, 9.17) is 9.47 Å². The first-order chi connectivity index (χ1) is 13.8. The van der Waals surface area contributed by atoms with E-state index in [-0.39, 0.29) is 11.9 Å². The van der Waals surface area contributed by atoms with Gasteiger partial charge in [-0.05, 0) is 50.2 Å². The van der Waals surface area contributed by atoms with Crippen LogP contribution in [0.3, 0.4) is 0 Å². The predicted molar refractivity (Wildman–Crippen MR) is 108 cm³/mol. The Morgan fingerprint density at radius 1 is 1.14 bits per heavy atom. The van der Waals surface area contributed by atoms with Crippen LogP contribution in [0.1, 0.15) is 24.9 Å². The van der Waals surface area contributed by atoms with E-state index in [1.165, 1.54) is 47.4 Å². The normalized spacial score (nSPS) is 13.0. The van der Waals surface area contributed by atoms with E-state index in [2.05, 4.69) is 4.98 Å². The number of thiazole rings is 1. The fourth-order valence-corrected chi connectivity index (χ4v) is 3.63. The number of benzene rings is 2. The van der Waals surface area contributed by atoms with Gasteiger partial charge >= 0.3 is 5.97 Å². The third-order valence-corrected chi connectivity index (χ3v) is 5.65. The molecule has 1 heterocycles. The van der Waals surface area contributed by atoms with E-state index < -0.39 is 24.5 Å². The molecule has 0 radical (unpaired) electrons. The van der Waals surface area contributed by atoms with Gasteiger partial charge in [0.15, 0.2) is 12.7 Å². The zero-order valence-electron chi connectivity index (χ0n) is 16.3. The van der Waals surface area contributed by atoms with Crippen LogP contribution in [-0.4, -0.2) is 41.5 Å². The summed E-state index contributed by atoms with van der Waals surface area (Å²) < 4.78 is 24.5. The molecule has 0 bridgehead atoms. The van der Waals surface area contributed by atoms with E-state index in [9.17, 15) is 14.0 Å². The number of ether oxygens (including phenoxy) is 2. The Morgan fingerprint density at radius 2 is 1.83 bits per heavy atom. The van der Waals surface area contributed by atoms with Crippen molar-refractivity contribution < 1.29 is 23.5 Å². The van der Waals surface area contributed by atoms with Crippen molar-refractivity contribution in [1.82, 2.24) is 9.88 Å². The number of fused-ring (bicyclic) bond motifs is 1. The number of rotatable bonds is 7. The van der Waals surface area contributed by atoms with Crippen molar-refractivity contribution in [3.63, 3.8) is 0 Å². The van der Waals surface area contributed by atoms with Crippen molar-refractivity contribution >= 4 is 33.4 Å². The summed E-state index contributed by atoms with van der Waals surface area (Å²) in [5, 5.41) is 0.807. The summed E-state index contributed by atoms with van der Waals surface area (Å²) in [6.07, 6.45) is -0.930. The fraction of sp³-hybridized carbons (Fsp3) is 0.286. The van der Waals surface area contributed by atoms with Crippen LogP contribution in [0.2, 0.25) is 0 Å². The zero-order valence-corrected chi connectivity index (χ0v) is 17.1. The minimum Gasteiger partial charge on any atom is -0.479 e. The number of hydrogen-bond donors (Lipinski definition) is 0. The smallest absolute Gasteiger partial charge is 0.347 e. The second-order valence-electron chi connectivity index (χ2n) is 6.52. The largest absolute Gasteiger partial charge is 0.479 e. The molecule has 3 rings (SSSR count). The molecule has 0 spiro atoms. The number of amides is 1. The molecule has 0 aliphatic carbocycles. The molecule has 29 heavy (non-hydrogen) atoms. The Kier molecular flexibility index (Phi) is 6.43. The first-order valence-corrected chi connectivity index (χ1v) is 9.87. The van der Waals surface area contributed by atoms with Crippen LogP contribution >= 0.6 is 11.3 Å². The van der Waals surface area contributed by atoms with E-state index in [1.54, 1.807) is 7.05 Å². The molecule has 0 fully saturated rings. The molecule has 6 nitrogen and oxygen atoms in total. The first kappa shape index (κ1) is 20.7. The fourth-order valence-electron chi connectivity index (χ4n) is 2.57. The Bertz CT molecular complexity index is 972. The van der Waals surface area contributed by atoms with E-state index in [1.807, 2.05) is 31.2 Å². The number of para-hydroxylation sites is 1. The number of carbonyl (C=O) groups excluding carboxylic acids is 2. The van der Waals surface area contributed by atoms with Crippen molar-refractivity contribution in [3.05, 3.63) is 59.4 Å². The second kappa shape index (κ2) is 9.00. The van der Waals surface area contributed by atoms with Gasteiger partial charge in [-0.3, -0.25) is 4.79 Å². The first-order valence-electron chi connectivity index (χ1n) is 9.05. The van der Waals surface area contributed by atoms with Crippen LogP contribution in [0.15, 0.2) is 48.5 Å². The van der Waals surface area contributed by atoms with Gasteiger partial charge in [0.05, 0.1) is 16.3 Å². The summed E-state index contributed by atoms with van der Waals surface area (Å²) in [5.41, 5.74) is 0.887. The molecule has 0 N–H and O–H groups in total. The monoisotopic (exact) mass is 416 g/mol. The number of esters is 1. The predicted octanol–water partition coefficient (Wildman–Crippen LogP) is 3.97. The molecule has 0 aliphatic heterocycles. The molecule has 1 amide bonds. The van der Waals surface area contributed by atoms with Crippen LogP contribution < -0.4 is 4.74 Å². The van der Waals surface area contributed by atoms with E-state index in [0.29, 0.717) is 5.75 Å². The molecule has 2 atom stereocenters. The van der Waals surface area contributed by atoms with Crippen LogP contribution in [0.4, 0.5) is 4.39 Å². The summed E-state index contributed by atoms with van der Waals surface area (Å²) in [6.45, 7) is 2.98. The van der Waals surface area contributed by atoms with Gasteiger partial charge in [0.1, 0.15) is 16.6 Å². The van der Waals surface area contributed by atoms with Gasteiger partial charge < -0.3 is 14.4 Å². The molecule has 0 unspecified atom stereocenters. The maximum Gasteiger partial charge on any atom is 0.347 e. The van der Waals surface area contributed by atoms with E-state index in [0.717, 1.165) is 15.2 Å². The average molecular weight is 416 g/mol. The summed E-state index contributed by atoms with van der Waals surface area (Å²) in [7, 11) is 1.64. The third kappa shape index (κ3) is 5.08. The quantitative estimate of drug-likeness (QED) is 0.545. The summed E-state index contributed by atoms with van der Waals surface area (Å²) >= 11 is 1.52. The number of halogens is 1. The van der Waals surface area contributed by atoms with Gasteiger partial charge in [-0.15, -0.1) is 11.3 Å². The Balaban J connectivity index is 1.53. The maximum absolute atomic E-state index is 12.9. The summed E-state index contributed by atoms with van der Waals surface area (Å²) in [4.78, 5) is 30.6. The Labute approximate surface area is 171 Å².